The molecule has 1 amide bonds. The second-order valence-corrected chi connectivity index (χ2v) is 6.32. The minimum atomic E-state index is -0.453. The molecule has 0 saturated carbocycles. The van der Waals surface area contributed by atoms with Crippen molar-refractivity contribution in [3.63, 3.8) is 0 Å². The molecule has 1 aromatic heterocycles. The molecule has 0 bridgehead atoms. The van der Waals surface area contributed by atoms with E-state index in [9.17, 15) is 14.0 Å². The Morgan fingerprint density at radius 1 is 1.04 bits per heavy atom. The van der Waals surface area contributed by atoms with Crippen molar-refractivity contribution < 1.29 is 14.0 Å². The summed E-state index contributed by atoms with van der Waals surface area (Å²) in [7, 11) is 0. The van der Waals surface area contributed by atoms with E-state index in [0.29, 0.717) is 10.9 Å². The first-order chi connectivity index (χ1) is 11.8. The van der Waals surface area contributed by atoms with Crippen LogP contribution in [0.1, 0.15) is 38.8 Å². The van der Waals surface area contributed by atoms with Gasteiger partial charge in [0.25, 0.3) is 5.91 Å². The van der Waals surface area contributed by atoms with Gasteiger partial charge in [0.1, 0.15) is 5.82 Å². The van der Waals surface area contributed by atoms with Crippen LogP contribution in [0.4, 0.5) is 10.1 Å². The summed E-state index contributed by atoms with van der Waals surface area (Å²) in [6.07, 6.45) is 1.46. The number of hydrogen-bond acceptors (Lipinski definition) is 2. The highest BCUT2D eigenvalue weighted by Gasteiger charge is 2.18. The summed E-state index contributed by atoms with van der Waals surface area (Å²) in [6.45, 7) is 7.25. The third kappa shape index (κ3) is 3.05. The van der Waals surface area contributed by atoms with Crippen LogP contribution in [0, 0.1) is 26.6 Å². The van der Waals surface area contributed by atoms with Gasteiger partial charge in [-0.15, -0.1) is 0 Å². The van der Waals surface area contributed by atoms with E-state index in [1.54, 1.807) is 0 Å². The highest BCUT2D eigenvalue weighted by atomic mass is 19.1. The lowest BCUT2D eigenvalue weighted by Gasteiger charge is -2.12. The van der Waals surface area contributed by atoms with Crippen LogP contribution in [-0.4, -0.2) is 16.4 Å². The fourth-order valence-electron chi connectivity index (χ4n) is 3.20. The Hall–Kier alpha value is -2.95. The topological polar surface area (TPSA) is 51.1 Å². The summed E-state index contributed by atoms with van der Waals surface area (Å²) in [5.74, 6) is -1.06. The fraction of sp³-hybridized carbons (Fsp3) is 0.200. The normalized spacial score (nSPS) is 10.9. The molecule has 0 saturated heterocycles. The Kier molecular flexibility index (Phi) is 4.17. The molecule has 0 aliphatic heterocycles. The van der Waals surface area contributed by atoms with E-state index in [0.717, 1.165) is 22.4 Å². The number of amides is 1. The van der Waals surface area contributed by atoms with Gasteiger partial charge in [-0.05, 0) is 50.1 Å². The number of hydrogen-bond donors (Lipinski definition) is 1. The lowest BCUT2D eigenvalue weighted by atomic mass is 10.0. The van der Waals surface area contributed by atoms with Gasteiger partial charge >= 0.3 is 0 Å². The zero-order valence-electron chi connectivity index (χ0n) is 14.6. The average Bonchev–Trinajstić information content (AvgIpc) is 2.89. The minimum absolute atomic E-state index is 0.238. The molecule has 25 heavy (non-hydrogen) atoms. The van der Waals surface area contributed by atoms with Crippen LogP contribution in [0.15, 0.2) is 36.5 Å². The highest BCUT2D eigenvalue weighted by molar-refractivity contribution is 6.14. The molecule has 0 aliphatic carbocycles. The Labute approximate surface area is 145 Å². The second-order valence-electron chi connectivity index (χ2n) is 6.32. The Balaban J connectivity index is 2.09. The van der Waals surface area contributed by atoms with Gasteiger partial charge in [-0.1, -0.05) is 17.7 Å². The first-order valence-electron chi connectivity index (χ1n) is 7.98. The summed E-state index contributed by atoms with van der Waals surface area (Å²) >= 11 is 0. The van der Waals surface area contributed by atoms with Crippen molar-refractivity contribution in [1.29, 1.82) is 0 Å². The van der Waals surface area contributed by atoms with Gasteiger partial charge in [-0.3, -0.25) is 14.2 Å². The van der Waals surface area contributed by atoms with E-state index in [-0.39, 0.29) is 17.4 Å². The number of nitrogens with zero attached hydrogens (tertiary/aromatic N) is 1. The van der Waals surface area contributed by atoms with Crippen LogP contribution in [0.5, 0.6) is 0 Å². The van der Waals surface area contributed by atoms with Crippen LogP contribution in [0.2, 0.25) is 0 Å². The quantitative estimate of drug-likeness (QED) is 0.741. The number of fused-ring (bicyclic) bond motifs is 1. The molecule has 5 heteroatoms. The van der Waals surface area contributed by atoms with Crippen molar-refractivity contribution in [3.8, 4) is 0 Å². The number of rotatable bonds is 2. The second kappa shape index (κ2) is 6.16. The number of anilines is 1. The van der Waals surface area contributed by atoms with Crippen molar-refractivity contribution in [2.24, 2.45) is 0 Å². The van der Waals surface area contributed by atoms with E-state index in [4.69, 9.17) is 0 Å². The third-order valence-electron chi connectivity index (χ3n) is 4.27. The molecule has 128 valence electrons. The van der Waals surface area contributed by atoms with E-state index in [1.807, 2.05) is 32.9 Å². The van der Waals surface area contributed by atoms with Crippen LogP contribution in [0.25, 0.3) is 10.9 Å². The van der Waals surface area contributed by atoms with Gasteiger partial charge in [0.2, 0.25) is 5.91 Å². The Bertz CT molecular complexity index is 995. The van der Waals surface area contributed by atoms with Gasteiger partial charge in [-0.2, -0.15) is 0 Å². The number of benzene rings is 2. The molecule has 0 unspecified atom stereocenters. The zero-order valence-corrected chi connectivity index (χ0v) is 14.6. The van der Waals surface area contributed by atoms with Gasteiger partial charge < -0.3 is 5.32 Å². The molecule has 3 rings (SSSR count). The third-order valence-corrected chi connectivity index (χ3v) is 4.27. The number of halogens is 1. The van der Waals surface area contributed by atoms with E-state index in [1.165, 1.54) is 35.9 Å². The molecule has 3 aromatic rings. The number of nitrogens with one attached hydrogen (secondary N) is 1. The molecule has 0 fully saturated rings. The molecule has 2 aromatic carbocycles. The van der Waals surface area contributed by atoms with Gasteiger partial charge in [0.15, 0.2) is 0 Å². The minimum Gasteiger partial charge on any atom is -0.321 e. The van der Waals surface area contributed by atoms with Crippen molar-refractivity contribution in [3.05, 3.63) is 64.6 Å². The Morgan fingerprint density at radius 3 is 2.28 bits per heavy atom. The van der Waals surface area contributed by atoms with E-state index < -0.39 is 5.82 Å². The van der Waals surface area contributed by atoms with Crippen LogP contribution in [0.3, 0.4) is 0 Å². The smallest absolute Gasteiger partial charge is 0.257 e. The first kappa shape index (κ1) is 16.9. The van der Waals surface area contributed by atoms with Crippen molar-refractivity contribution in [2.45, 2.75) is 27.7 Å². The molecular weight excluding hydrogens is 319 g/mol. The molecule has 0 aliphatic rings. The van der Waals surface area contributed by atoms with Crippen LogP contribution in [-0.2, 0) is 0 Å². The monoisotopic (exact) mass is 338 g/mol. The molecule has 1 heterocycles. The number of aromatic nitrogens is 1. The van der Waals surface area contributed by atoms with Crippen molar-refractivity contribution >= 4 is 28.4 Å². The molecule has 1 N–H and O–H groups in total. The largest absolute Gasteiger partial charge is 0.321 e. The first-order valence-corrected chi connectivity index (χ1v) is 7.98. The lowest BCUT2D eigenvalue weighted by Crippen LogP contribution is -2.14. The average molecular weight is 338 g/mol. The highest BCUT2D eigenvalue weighted by Crippen LogP contribution is 2.26. The maximum absolute atomic E-state index is 13.7. The molecule has 4 nitrogen and oxygen atoms in total. The number of aryl methyl sites for hydroxylation is 3. The Morgan fingerprint density at radius 2 is 1.68 bits per heavy atom. The predicted octanol–water partition coefficient (Wildman–Crippen LogP) is 4.62. The summed E-state index contributed by atoms with van der Waals surface area (Å²) in [5, 5.41) is 3.31. The lowest BCUT2D eigenvalue weighted by molar-refractivity contribution is 0.0941. The fourth-order valence-corrected chi connectivity index (χ4v) is 3.20. The maximum atomic E-state index is 13.7. The molecule has 0 radical (unpaired) electrons. The van der Waals surface area contributed by atoms with Gasteiger partial charge in [0.05, 0.1) is 11.1 Å². The summed E-state index contributed by atoms with van der Waals surface area (Å²) in [5.41, 5.74) is 4.53. The number of carbonyl (C=O) groups excluding carboxylic acids is 2. The van der Waals surface area contributed by atoms with Gasteiger partial charge in [-0.25, -0.2) is 4.39 Å². The standard InChI is InChI=1S/C20H19FN2O2/c1-11-7-12(2)19(13(3)8-11)22-20(25)17-10-23(14(4)24)18-6-5-15(21)9-16(17)18/h5-10H,1-4H3,(H,22,25). The summed E-state index contributed by atoms with van der Waals surface area (Å²) in [6, 6.07) is 8.03. The summed E-state index contributed by atoms with van der Waals surface area (Å²) < 4.78 is 15.0. The maximum Gasteiger partial charge on any atom is 0.257 e. The van der Waals surface area contributed by atoms with Gasteiger partial charge in [0, 0.05) is 24.2 Å². The van der Waals surface area contributed by atoms with Crippen LogP contribution >= 0.6 is 0 Å². The molecular formula is C20H19FN2O2. The number of carbonyl (C=O) groups is 2. The van der Waals surface area contributed by atoms with Crippen molar-refractivity contribution in [1.82, 2.24) is 4.57 Å². The zero-order chi connectivity index (χ0) is 18.3. The van der Waals surface area contributed by atoms with E-state index >= 15 is 0 Å². The summed E-state index contributed by atoms with van der Waals surface area (Å²) in [4.78, 5) is 24.6. The molecule has 0 spiro atoms. The van der Waals surface area contributed by atoms with Crippen LogP contribution < -0.4 is 5.32 Å². The van der Waals surface area contributed by atoms with Crippen molar-refractivity contribution in [2.75, 3.05) is 5.32 Å². The molecule has 0 atom stereocenters. The SMILES string of the molecule is CC(=O)n1cc(C(=O)Nc2c(C)cc(C)cc2C)c2cc(F)ccc21. The predicted molar refractivity (Wildman–Crippen MR) is 96.8 cm³/mol. The van der Waals surface area contributed by atoms with E-state index in [2.05, 4.69) is 5.32 Å².